The van der Waals surface area contributed by atoms with Crippen molar-refractivity contribution in [2.75, 3.05) is 26.7 Å². The van der Waals surface area contributed by atoms with Crippen molar-refractivity contribution in [2.45, 2.75) is 52.2 Å². The van der Waals surface area contributed by atoms with Crippen LogP contribution in [-0.4, -0.2) is 58.7 Å². The van der Waals surface area contributed by atoms with Crippen molar-refractivity contribution in [3.8, 4) is 0 Å². The third kappa shape index (κ3) is 3.67. The fraction of sp³-hybridized carbons (Fsp3) is 0.684. The number of piperidine rings is 1. The molecule has 1 saturated heterocycles. The van der Waals surface area contributed by atoms with E-state index in [-0.39, 0.29) is 18.0 Å². The van der Waals surface area contributed by atoms with Crippen LogP contribution in [0.1, 0.15) is 55.7 Å². The van der Waals surface area contributed by atoms with Crippen LogP contribution in [0, 0.1) is 12.8 Å². The number of likely N-dealkylation sites (tertiary alicyclic amines) is 1. The van der Waals surface area contributed by atoms with Gasteiger partial charge in [0.2, 0.25) is 0 Å². The summed E-state index contributed by atoms with van der Waals surface area (Å²) in [4.78, 5) is 28.2. The van der Waals surface area contributed by atoms with Gasteiger partial charge in [-0.1, -0.05) is 0 Å². The SMILES string of the molecule is Cc1cc2n(c1)C(C1CCN(C(=O)OC(C)(C)C)CC1)CN(C)C2=O. The van der Waals surface area contributed by atoms with Gasteiger partial charge in [-0.05, 0) is 58.1 Å². The summed E-state index contributed by atoms with van der Waals surface area (Å²) in [6.07, 6.45) is 3.73. The summed E-state index contributed by atoms with van der Waals surface area (Å²) in [5, 5.41) is 0. The lowest BCUT2D eigenvalue weighted by atomic mass is 9.88. The molecule has 2 amide bonds. The highest BCUT2D eigenvalue weighted by molar-refractivity contribution is 5.93. The number of rotatable bonds is 1. The van der Waals surface area contributed by atoms with Crippen LogP contribution in [0.2, 0.25) is 0 Å². The predicted molar refractivity (Wildman–Crippen MR) is 95.7 cm³/mol. The summed E-state index contributed by atoms with van der Waals surface area (Å²) in [7, 11) is 1.87. The van der Waals surface area contributed by atoms with E-state index in [2.05, 4.69) is 10.8 Å². The number of likely N-dealkylation sites (N-methyl/N-ethyl adjacent to an activating group) is 1. The number of amides is 2. The zero-order valence-corrected chi connectivity index (χ0v) is 15.9. The maximum Gasteiger partial charge on any atom is 0.410 e. The predicted octanol–water partition coefficient (Wildman–Crippen LogP) is 3.07. The average molecular weight is 347 g/mol. The summed E-state index contributed by atoms with van der Waals surface area (Å²) < 4.78 is 7.64. The Labute approximate surface area is 149 Å². The molecule has 3 rings (SSSR count). The molecule has 1 unspecified atom stereocenters. The number of carbonyl (C=O) groups excluding carboxylic acids is 2. The molecule has 0 radical (unpaired) electrons. The summed E-state index contributed by atoms with van der Waals surface area (Å²) >= 11 is 0. The number of hydrogen-bond donors (Lipinski definition) is 0. The quantitative estimate of drug-likeness (QED) is 0.784. The standard InChI is InChI=1S/C19H29N3O3/c1-13-10-15-17(23)20(5)12-16(22(15)11-13)14-6-8-21(9-7-14)18(24)25-19(2,3)4/h10-11,14,16H,6-9,12H2,1-5H3. The van der Waals surface area contributed by atoms with E-state index in [0.29, 0.717) is 19.0 Å². The molecule has 0 bridgehead atoms. The van der Waals surface area contributed by atoms with E-state index in [1.807, 2.05) is 45.7 Å². The van der Waals surface area contributed by atoms with E-state index >= 15 is 0 Å². The Morgan fingerprint density at radius 3 is 2.48 bits per heavy atom. The number of ether oxygens (including phenoxy) is 1. The molecule has 0 aliphatic carbocycles. The van der Waals surface area contributed by atoms with Gasteiger partial charge in [0.25, 0.3) is 5.91 Å². The van der Waals surface area contributed by atoms with Crippen LogP contribution in [0.25, 0.3) is 0 Å². The van der Waals surface area contributed by atoms with Crippen molar-refractivity contribution in [1.29, 1.82) is 0 Å². The van der Waals surface area contributed by atoms with Crippen molar-refractivity contribution in [3.63, 3.8) is 0 Å². The van der Waals surface area contributed by atoms with E-state index in [0.717, 1.165) is 30.6 Å². The molecule has 1 atom stereocenters. The molecular weight excluding hydrogens is 318 g/mol. The maximum atomic E-state index is 12.4. The minimum atomic E-state index is -0.460. The molecule has 0 spiro atoms. The second kappa shape index (κ2) is 6.39. The molecule has 6 nitrogen and oxygen atoms in total. The molecule has 1 fully saturated rings. The highest BCUT2D eigenvalue weighted by Gasteiger charge is 2.36. The Balaban J connectivity index is 1.68. The van der Waals surface area contributed by atoms with Gasteiger partial charge in [0, 0.05) is 32.9 Å². The van der Waals surface area contributed by atoms with Crippen LogP contribution in [0.15, 0.2) is 12.3 Å². The van der Waals surface area contributed by atoms with Gasteiger partial charge in [-0.15, -0.1) is 0 Å². The normalized spacial score (nSPS) is 22.1. The fourth-order valence-corrected chi connectivity index (χ4v) is 3.88. The van der Waals surface area contributed by atoms with Gasteiger partial charge in [-0.25, -0.2) is 4.79 Å². The van der Waals surface area contributed by atoms with E-state index in [1.165, 1.54) is 0 Å². The molecule has 1 aromatic heterocycles. The molecule has 0 N–H and O–H groups in total. The highest BCUT2D eigenvalue weighted by Crippen LogP contribution is 2.34. The molecule has 2 aliphatic rings. The lowest BCUT2D eigenvalue weighted by molar-refractivity contribution is 0.0149. The zero-order valence-electron chi connectivity index (χ0n) is 15.9. The van der Waals surface area contributed by atoms with Gasteiger partial charge in [-0.3, -0.25) is 4.79 Å². The van der Waals surface area contributed by atoms with E-state index in [4.69, 9.17) is 4.74 Å². The Morgan fingerprint density at radius 1 is 1.24 bits per heavy atom. The molecule has 2 aliphatic heterocycles. The third-order valence-electron chi connectivity index (χ3n) is 5.10. The van der Waals surface area contributed by atoms with Gasteiger partial charge >= 0.3 is 6.09 Å². The zero-order chi connectivity index (χ0) is 18.4. The minimum absolute atomic E-state index is 0.0931. The Bertz CT molecular complexity index is 666. The summed E-state index contributed by atoms with van der Waals surface area (Å²) in [6, 6.07) is 2.26. The molecule has 25 heavy (non-hydrogen) atoms. The molecular formula is C19H29N3O3. The van der Waals surface area contributed by atoms with E-state index in [1.54, 1.807) is 4.90 Å². The largest absolute Gasteiger partial charge is 0.444 e. The second-order valence-corrected chi connectivity index (χ2v) is 8.37. The first kappa shape index (κ1) is 17.8. The minimum Gasteiger partial charge on any atom is -0.444 e. The monoisotopic (exact) mass is 347 g/mol. The average Bonchev–Trinajstić information content (AvgIpc) is 2.91. The van der Waals surface area contributed by atoms with Crippen LogP contribution >= 0.6 is 0 Å². The summed E-state index contributed by atoms with van der Waals surface area (Å²) in [5.74, 6) is 0.551. The van der Waals surface area contributed by atoms with E-state index < -0.39 is 5.60 Å². The molecule has 6 heteroatoms. The molecule has 3 heterocycles. The van der Waals surface area contributed by atoms with Crippen LogP contribution in [0.5, 0.6) is 0 Å². The van der Waals surface area contributed by atoms with Gasteiger partial charge < -0.3 is 19.1 Å². The summed E-state index contributed by atoms with van der Waals surface area (Å²) in [6.45, 7) is 9.86. The number of carbonyl (C=O) groups is 2. The molecule has 1 aromatic rings. The Kier molecular flexibility index (Phi) is 4.56. The molecule has 138 valence electrons. The highest BCUT2D eigenvalue weighted by atomic mass is 16.6. The number of fused-ring (bicyclic) bond motifs is 1. The number of aryl methyl sites for hydroxylation is 1. The number of nitrogens with zero attached hydrogens (tertiary/aromatic N) is 3. The first-order chi connectivity index (χ1) is 11.7. The van der Waals surface area contributed by atoms with Crippen LogP contribution < -0.4 is 0 Å². The van der Waals surface area contributed by atoms with Crippen molar-refractivity contribution in [1.82, 2.24) is 14.4 Å². The maximum absolute atomic E-state index is 12.4. The topological polar surface area (TPSA) is 54.8 Å². The first-order valence-corrected chi connectivity index (χ1v) is 9.07. The van der Waals surface area contributed by atoms with E-state index in [9.17, 15) is 9.59 Å². The van der Waals surface area contributed by atoms with Crippen LogP contribution in [0.4, 0.5) is 4.79 Å². The van der Waals surface area contributed by atoms with Crippen LogP contribution in [0.3, 0.4) is 0 Å². The Hall–Kier alpha value is -1.98. The second-order valence-electron chi connectivity index (χ2n) is 8.37. The van der Waals surface area contributed by atoms with Crippen molar-refractivity contribution >= 4 is 12.0 Å². The van der Waals surface area contributed by atoms with Crippen LogP contribution in [-0.2, 0) is 4.74 Å². The number of hydrogen-bond acceptors (Lipinski definition) is 3. The van der Waals surface area contributed by atoms with Gasteiger partial charge in [0.1, 0.15) is 11.3 Å². The third-order valence-corrected chi connectivity index (χ3v) is 5.10. The number of aromatic nitrogens is 1. The summed E-state index contributed by atoms with van der Waals surface area (Å²) in [5.41, 5.74) is 1.44. The molecule has 0 saturated carbocycles. The Morgan fingerprint density at radius 2 is 1.88 bits per heavy atom. The van der Waals surface area contributed by atoms with Gasteiger partial charge in [-0.2, -0.15) is 0 Å². The lowest BCUT2D eigenvalue weighted by Gasteiger charge is -2.41. The lowest BCUT2D eigenvalue weighted by Crippen LogP contribution is -2.47. The fourth-order valence-electron chi connectivity index (χ4n) is 3.88. The van der Waals surface area contributed by atoms with Crippen molar-refractivity contribution in [2.24, 2.45) is 5.92 Å². The first-order valence-electron chi connectivity index (χ1n) is 9.07. The van der Waals surface area contributed by atoms with Crippen molar-refractivity contribution < 1.29 is 14.3 Å². The molecule has 0 aromatic carbocycles. The van der Waals surface area contributed by atoms with Crippen molar-refractivity contribution in [3.05, 3.63) is 23.5 Å². The van der Waals surface area contributed by atoms with Gasteiger partial charge in [0.15, 0.2) is 0 Å². The van der Waals surface area contributed by atoms with Gasteiger partial charge in [0.05, 0.1) is 6.04 Å². The smallest absolute Gasteiger partial charge is 0.410 e.